The van der Waals surface area contributed by atoms with Gasteiger partial charge in [-0.15, -0.1) is 0 Å². The van der Waals surface area contributed by atoms with Crippen molar-refractivity contribution < 1.29 is 19.5 Å². The van der Waals surface area contributed by atoms with Crippen molar-refractivity contribution in [3.05, 3.63) is 30.3 Å². The van der Waals surface area contributed by atoms with Gasteiger partial charge in [-0.05, 0) is 24.0 Å². The molecule has 1 aromatic rings. The van der Waals surface area contributed by atoms with Crippen LogP contribution in [-0.2, 0) is 14.4 Å². The summed E-state index contributed by atoms with van der Waals surface area (Å²) in [5.41, 5.74) is 0.251. The fourth-order valence-electron chi connectivity index (χ4n) is 3.53. The first-order chi connectivity index (χ1) is 10.8. The SMILES string of the molecule is CC1(C)[C@H](C(=O)O)[C@@H]1C(=O)NC1CCN(c2ccccc2)C1=O. The quantitative estimate of drug-likeness (QED) is 0.875. The van der Waals surface area contributed by atoms with Crippen molar-refractivity contribution in [3.63, 3.8) is 0 Å². The van der Waals surface area contributed by atoms with Gasteiger partial charge >= 0.3 is 5.97 Å². The normalized spacial score (nSPS) is 28.5. The minimum absolute atomic E-state index is 0.144. The number of hydrogen-bond acceptors (Lipinski definition) is 3. The summed E-state index contributed by atoms with van der Waals surface area (Å²) in [5.74, 6) is -2.69. The van der Waals surface area contributed by atoms with Crippen LogP contribution in [0, 0.1) is 17.3 Å². The van der Waals surface area contributed by atoms with Gasteiger partial charge in [-0.25, -0.2) is 0 Å². The summed E-state index contributed by atoms with van der Waals surface area (Å²) >= 11 is 0. The Morgan fingerprint density at radius 1 is 1.22 bits per heavy atom. The van der Waals surface area contributed by atoms with Crippen LogP contribution in [0.5, 0.6) is 0 Å². The average Bonchev–Trinajstić information content (AvgIpc) is 2.92. The molecule has 0 spiro atoms. The molecule has 2 N–H and O–H groups in total. The van der Waals surface area contributed by atoms with Gasteiger partial charge in [-0.1, -0.05) is 32.0 Å². The maximum Gasteiger partial charge on any atom is 0.307 e. The molecule has 1 saturated heterocycles. The summed E-state index contributed by atoms with van der Waals surface area (Å²) in [5, 5.41) is 11.9. The van der Waals surface area contributed by atoms with Crippen LogP contribution in [0.25, 0.3) is 0 Å². The predicted octanol–water partition coefficient (Wildman–Crippen LogP) is 1.26. The number of nitrogens with zero attached hydrogens (tertiary/aromatic N) is 1. The smallest absolute Gasteiger partial charge is 0.307 e. The number of hydrogen-bond donors (Lipinski definition) is 2. The van der Waals surface area contributed by atoms with E-state index in [4.69, 9.17) is 5.11 Å². The molecule has 2 fully saturated rings. The second-order valence-corrected chi connectivity index (χ2v) is 6.79. The highest BCUT2D eigenvalue weighted by molar-refractivity contribution is 6.02. The molecule has 0 bridgehead atoms. The Morgan fingerprint density at radius 3 is 2.43 bits per heavy atom. The van der Waals surface area contributed by atoms with Gasteiger partial charge in [0.25, 0.3) is 0 Å². The van der Waals surface area contributed by atoms with E-state index in [1.165, 1.54) is 0 Å². The molecule has 1 aliphatic heterocycles. The Hall–Kier alpha value is -2.37. The summed E-state index contributed by atoms with van der Waals surface area (Å²) in [6, 6.07) is 8.73. The van der Waals surface area contributed by atoms with Gasteiger partial charge in [0.05, 0.1) is 11.8 Å². The molecule has 0 radical (unpaired) electrons. The molecule has 1 aliphatic carbocycles. The maximum absolute atomic E-state index is 12.5. The molecule has 122 valence electrons. The van der Waals surface area contributed by atoms with Gasteiger partial charge in [0.2, 0.25) is 11.8 Å². The third kappa shape index (κ3) is 2.58. The number of rotatable bonds is 4. The van der Waals surface area contributed by atoms with Crippen LogP contribution < -0.4 is 10.2 Å². The summed E-state index contributed by atoms with van der Waals surface area (Å²) < 4.78 is 0. The molecular formula is C17H20N2O4. The predicted molar refractivity (Wildman–Crippen MR) is 83.7 cm³/mol. The van der Waals surface area contributed by atoms with Crippen LogP contribution in [0.2, 0.25) is 0 Å². The van der Waals surface area contributed by atoms with Gasteiger partial charge in [0.1, 0.15) is 6.04 Å². The van der Waals surface area contributed by atoms with Crippen molar-refractivity contribution in [3.8, 4) is 0 Å². The first kappa shape index (κ1) is 15.5. The Morgan fingerprint density at radius 2 is 1.87 bits per heavy atom. The van der Waals surface area contributed by atoms with E-state index >= 15 is 0 Å². The van der Waals surface area contributed by atoms with E-state index in [0.717, 1.165) is 5.69 Å². The van der Waals surface area contributed by atoms with E-state index in [0.29, 0.717) is 13.0 Å². The second kappa shape index (κ2) is 5.37. The summed E-state index contributed by atoms with van der Waals surface area (Å²) in [6.07, 6.45) is 0.532. The minimum atomic E-state index is -0.959. The highest BCUT2D eigenvalue weighted by atomic mass is 16.4. The Kier molecular flexibility index (Phi) is 3.62. The fourth-order valence-corrected chi connectivity index (χ4v) is 3.53. The van der Waals surface area contributed by atoms with Crippen molar-refractivity contribution in [2.45, 2.75) is 26.3 Å². The molecule has 0 aromatic heterocycles. The molecule has 23 heavy (non-hydrogen) atoms. The number of carboxylic acids is 1. The number of para-hydroxylation sites is 1. The summed E-state index contributed by atoms with van der Waals surface area (Å²) in [6.45, 7) is 4.08. The van der Waals surface area contributed by atoms with E-state index < -0.39 is 29.3 Å². The Labute approximate surface area is 134 Å². The Balaban J connectivity index is 1.65. The van der Waals surface area contributed by atoms with E-state index in [9.17, 15) is 14.4 Å². The Bertz CT molecular complexity index is 656. The van der Waals surface area contributed by atoms with Crippen LogP contribution >= 0.6 is 0 Å². The highest BCUT2D eigenvalue weighted by Crippen LogP contribution is 2.58. The molecule has 1 saturated carbocycles. The molecule has 1 aromatic carbocycles. The molecule has 1 unspecified atom stereocenters. The number of amides is 2. The van der Waals surface area contributed by atoms with Gasteiger partial charge in [0, 0.05) is 12.2 Å². The lowest BCUT2D eigenvalue weighted by Gasteiger charge is -2.17. The van der Waals surface area contributed by atoms with Crippen LogP contribution in [0.1, 0.15) is 20.3 Å². The van der Waals surface area contributed by atoms with Crippen LogP contribution in [-0.4, -0.2) is 35.5 Å². The highest BCUT2D eigenvalue weighted by Gasteiger charge is 2.66. The van der Waals surface area contributed by atoms with E-state index in [1.54, 1.807) is 18.7 Å². The second-order valence-electron chi connectivity index (χ2n) is 6.79. The molecular weight excluding hydrogens is 296 g/mol. The van der Waals surface area contributed by atoms with Crippen LogP contribution in [0.4, 0.5) is 5.69 Å². The van der Waals surface area contributed by atoms with Gasteiger partial charge in [-0.3, -0.25) is 14.4 Å². The van der Waals surface area contributed by atoms with Crippen LogP contribution in [0.15, 0.2) is 30.3 Å². The topological polar surface area (TPSA) is 86.7 Å². The number of anilines is 1. The lowest BCUT2D eigenvalue weighted by atomic mass is 10.1. The monoisotopic (exact) mass is 316 g/mol. The number of aliphatic carboxylic acids is 1. The van der Waals surface area contributed by atoms with E-state index in [1.807, 2.05) is 30.3 Å². The average molecular weight is 316 g/mol. The first-order valence-electron chi connectivity index (χ1n) is 7.73. The molecule has 3 atom stereocenters. The number of carbonyl (C=O) groups excluding carboxylic acids is 2. The van der Waals surface area contributed by atoms with E-state index in [-0.39, 0.29) is 11.8 Å². The largest absolute Gasteiger partial charge is 0.481 e. The van der Waals surface area contributed by atoms with Gasteiger partial charge in [-0.2, -0.15) is 0 Å². The third-order valence-corrected chi connectivity index (χ3v) is 4.97. The lowest BCUT2D eigenvalue weighted by molar-refractivity contribution is -0.140. The number of carboxylic acid groups (broad SMARTS) is 1. The zero-order valence-corrected chi connectivity index (χ0v) is 13.2. The minimum Gasteiger partial charge on any atom is -0.481 e. The van der Waals surface area contributed by atoms with E-state index in [2.05, 4.69) is 5.32 Å². The van der Waals surface area contributed by atoms with Gasteiger partial charge in [0.15, 0.2) is 0 Å². The van der Waals surface area contributed by atoms with Crippen molar-refractivity contribution in [2.24, 2.45) is 17.3 Å². The molecule has 2 aliphatic rings. The first-order valence-corrected chi connectivity index (χ1v) is 7.73. The van der Waals surface area contributed by atoms with Gasteiger partial charge < -0.3 is 15.3 Å². The molecule has 2 amide bonds. The molecule has 3 rings (SSSR count). The fraction of sp³-hybridized carbons (Fsp3) is 0.471. The van der Waals surface area contributed by atoms with Crippen molar-refractivity contribution in [1.29, 1.82) is 0 Å². The van der Waals surface area contributed by atoms with Crippen molar-refractivity contribution >= 4 is 23.5 Å². The zero-order valence-electron chi connectivity index (χ0n) is 13.2. The number of nitrogens with one attached hydrogen (secondary N) is 1. The lowest BCUT2D eigenvalue weighted by Crippen LogP contribution is -2.42. The van der Waals surface area contributed by atoms with Crippen molar-refractivity contribution in [1.82, 2.24) is 5.32 Å². The summed E-state index contributed by atoms with van der Waals surface area (Å²) in [4.78, 5) is 37.6. The zero-order chi connectivity index (χ0) is 16.8. The molecule has 6 nitrogen and oxygen atoms in total. The van der Waals surface area contributed by atoms with Crippen molar-refractivity contribution in [2.75, 3.05) is 11.4 Å². The number of benzene rings is 1. The van der Waals surface area contributed by atoms with Crippen LogP contribution in [0.3, 0.4) is 0 Å². The molecule has 1 heterocycles. The number of carbonyl (C=O) groups is 3. The third-order valence-electron chi connectivity index (χ3n) is 4.97. The molecule has 6 heteroatoms. The standard InChI is InChI=1S/C17H20N2O4/c1-17(2)12(13(17)16(22)23)14(20)18-11-8-9-19(15(11)21)10-6-4-3-5-7-10/h3-7,11-13H,8-9H2,1-2H3,(H,18,20)(H,22,23)/t11?,12-,13+/m1/s1. The maximum atomic E-state index is 12.5. The summed E-state index contributed by atoms with van der Waals surface area (Å²) in [7, 11) is 0.